The van der Waals surface area contributed by atoms with Crippen molar-refractivity contribution in [2.75, 3.05) is 13.2 Å². The third kappa shape index (κ3) is 4.39. The molecule has 4 aromatic rings. The minimum absolute atomic E-state index is 0.210. The summed E-state index contributed by atoms with van der Waals surface area (Å²) in [6.07, 6.45) is 0.564. The Morgan fingerprint density at radius 1 is 0.906 bits per heavy atom. The summed E-state index contributed by atoms with van der Waals surface area (Å²) in [7, 11) is -3.73. The molecule has 32 heavy (non-hydrogen) atoms. The molecule has 0 amide bonds. The van der Waals surface area contributed by atoms with Gasteiger partial charge in [-0.3, -0.25) is 4.57 Å². The molecule has 0 bridgehead atoms. The smallest absolute Gasteiger partial charge is 0.306 e. The molecule has 166 valence electrons. The predicted octanol–water partition coefficient (Wildman–Crippen LogP) is 6.91. The van der Waals surface area contributed by atoms with Gasteiger partial charge in [0, 0.05) is 33.6 Å². The lowest BCUT2D eigenvalue weighted by Crippen LogP contribution is -2.21. The minimum Gasteiger partial charge on any atom is -0.306 e. The van der Waals surface area contributed by atoms with Crippen LogP contribution in [0.3, 0.4) is 0 Å². The first-order valence-electron chi connectivity index (χ1n) is 10.5. The Kier molecular flexibility index (Phi) is 6.82. The van der Waals surface area contributed by atoms with E-state index in [0.717, 1.165) is 16.6 Å². The van der Waals surface area contributed by atoms with Crippen molar-refractivity contribution in [3.05, 3.63) is 94.9 Å². The lowest BCUT2D eigenvalue weighted by atomic mass is 10.1. The highest BCUT2D eigenvalue weighted by molar-refractivity contribution is 7.62. The third-order valence-corrected chi connectivity index (χ3v) is 7.56. The maximum absolute atomic E-state index is 14.1. The van der Waals surface area contributed by atoms with Gasteiger partial charge in [-0.1, -0.05) is 48.0 Å². The van der Waals surface area contributed by atoms with Crippen LogP contribution in [0.1, 0.15) is 25.1 Å². The molecule has 0 aliphatic heterocycles. The number of fused-ring (bicyclic) bond motifs is 1. The normalized spacial score (nSPS) is 11.9. The van der Waals surface area contributed by atoms with Gasteiger partial charge in [0.2, 0.25) is 0 Å². The maximum atomic E-state index is 14.1. The molecule has 7 heteroatoms. The van der Waals surface area contributed by atoms with Crippen molar-refractivity contribution in [2.24, 2.45) is 0 Å². The fraction of sp³-hybridized carbons (Fsp3) is 0.200. The zero-order chi connectivity index (χ0) is 22.7. The van der Waals surface area contributed by atoms with Crippen LogP contribution in [0.25, 0.3) is 16.5 Å². The summed E-state index contributed by atoms with van der Waals surface area (Å²) in [5.41, 5.74) is 3.04. The highest BCUT2D eigenvalue weighted by Gasteiger charge is 2.36. The monoisotopic (exact) mass is 471 g/mol. The Labute approximate surface area is 192 Å². The van der Waals surface area contributed by atoms with Gasteiger partial charge in [0.15, 0.2) is 0 Å². The van der Waals surface area contributed by atoms with Crippen LogP contribution in [0, 0.1) is 5.82 Å². The summed E-state index contributed by atoms with van der Waals surface area (Å²) in [6.45, 7) is 3.97. The fourth-order valence-electron chi connectivity index (χ4n) is 3.92. The van der Waals surface area contributed by atoms with Crippen LogP contribution in [-0.4, -0.2) is 17.8 Å². The third-order valence-electron chi connectivity index (χ3n) is 5.17. The van der Waals surface area contributed by atoms with Crippen molar-refractivity contribution in [3.63, 3.8) is 0 Å². The molecule has 0 aliphatic rings. The van der Waals surface area contributed by atoms with Gasteiger partial charge in [-0.2, -0.15) is 0 Å². The van der Waals surface area contributed by atoms with Gasteiger partial charge in [0.25, 0.3) is 0 Å². The highest BCUT2D eigenvalue weighted by Crippen LogP contribution is 2.50. The van der Waals surface area contributed by atoms with E-state index in [-0.39, 0.29) is 19.0 Å². The minimum atomic E-state index is -3.73. The number of rotatable bonds is 8. The van der Waals surface area contributed by atoms with E-state index >= 15 is 0 Å². The molecule has 1 aromatic heterocycles. The molecule has 0 spiro atoms. The second-order valence-corrected chi connectivity index (χ2v) is 9.64. The first-order valence-corrected chi connectivity index (χ1v) is 12.4. The molecule has 0 atom stereocenters. The van der Waals surface area contributed by atoms with Crippen molar-refractivity contribution >= 4 is 35.4 Å². The van der Waals surface area contributed by atoms with E-state index < -0.39 is 7.60 Å². The number of aromatic nitrogens is 1. The molecule has 1 heterocycles. The van der Waals surface area contributed by atoms with Gasteiger partial charge in [-0.25, -0.2) is 4.39 Å². The van der Waals surface area contributed by atoms with Crippen LogP contribution in [0.2, 0.25) is 5.02 Å². The fourth-order valence-corrected chi connectivity index (χ4v) is 6.06. The maximum Gasteiger partial charge on any atom is 0.378 e. The van der Waals surface area contributed by atoms with E-state index in [4.69, 9.17) is 20.6 Å². The molecular formula is C25H24ClFNO3P. The van der Waals surface area contributed by atoms with Crippen LogP contribution in [0.15, 0.2) is 72.8 Å². The second kappa shape index (κ2) is 9.60. The summed E-state index contributed by atoms with van der Waals surface area (Å²) >= 11 is 6.35. The molecule has 4 nitrogen and oxygen atoms in total. The van der Waals surface area contributed by atoms with E-state index in [1.165, 1.54) is 12.1 Å². The van der Waals surface area contributed by atoms with Gasteiger partial charge in [0.05, 0.1) is 13.2 Å². The van der Waals surface area contributed by atoms with Crippen molar-refractivity contribution < 1.29 is 18.0 Å². The van der Waals surface area contributed by atoms with E-state index in [0.29, 0.717) is 28.0 Å². The van der Waals surface area contributed by atoms with Gasteiger partial charge in [0.1, 0.15) is 11.3 Å². The van der Waals surface area contributed by atoms with Gasteiger partial charge in [-0.05, 0) is 55.8 Å². The highest BCUT2D eigenvalue weighted by atomic mass is 35.5. The number of hydrogen-bond acceptors (Lipinski definition) is 3. The summed E-state index contributed by atoms with van der Waals surface area (Å²) in [5.74, 6) is -0.350. The average Bonchev–Trinajstić information content (AvgIpc) is 3.09. The molecule has 0 radical (unpaired) electrons. The van der Waals surface area contributed by atoms with Gasteiger partial charge in [-0.15, -0.1) is 0 Å². The Morgan fingerprint density at radius 3 is 2.19 bits per heavy atom. The lowest BCUT2D eigenvalue weighted by molar-refractivity contribution is 0.229. The van der Waals surface area contributed by atoms with Crippen LogP contribution in [0.4, 0.5) is 4.39 Å². The van der Waals surface area contributed by atoms with Crippen LogP contribution < -0.4 is 5.44 Å². The Bertz CT molecular complexity index is 1260. The standard InChI is InChI=1S/C25H24ClFNO3P/c1-3-30-32(29,31-4-2)25-23-17-19(26)10-15-22(23)24(16-18-8-6-5-7-9-18)28(25)21-13-11-20(27)12-14-21/h5-15,17H,3-4,16H2,1-2H3. The number of hydrogen-bond donors (Lipinski definition) is 0. The van der Waals surface area contributed by atoms with Crippen LogP contribution >= 0.6 is 19.2 Å². The Hall–Kier alpha value is -2.43. The number of benzene rings is 3. The summed E-state index contributed by atoms with van der Waals surface area (Å²) < 4.78 is 41.2. The number of halogens is 2. The van der Waals surface area contributed by atoms with E-state index in [1.807, 2.05) is 47.0 Å². The summed E-state index contributed by atoms with van der Waals surface area (Å²) in [6, 6.07) is 21.6. The first kappa shape index (κ1) is 22.8. The van der Waals surface area contributed by atoms with Crippen molar-refractivity contribution in [2.45, 2.75) is 20.3 Å². The molecular weight excluding hydrogens is 448 g/mol. The second-order valence-electron chi connectivity index (χ2n) is 7.27. The zero-order valence-corrected chi connectivity index (χ0v) is 19.6. The van der Waals surface area contributed by atoms with Gasteiger partial charge < -0.3 is 13.6 Å². The van der Waals surface area contributed by atoms with Crippen molar-refractivity contribution in [1.82, 2.24) is 4.57 Å². The van der Waals surface area contributed by atoms with Crippen LogP contribution in [0.5, 0.6) is 0 Å². The molecule has 4 rings (SSSR count). The van der Waals surface area contributed by atoms with E-state index in [2.05, 4.69) is 0 Å². The molecule has 0 N–H and O–H groups in total. The van der Waals surface area contributed by atoms with Crippen LogP contribution in [-0.2, 0) is 20.0 Å². The molecule has 0 saturated heterocycles. The van der Waals surface area contributed by atoms with Gasteiger partial charge >= 0.3 is 7.60 Å². The SMILES string of the molecule is CCOP(=O)(OCC)c1c2cc(Cl)ccc2c(Cc2ccccc2)n1-c1ccc(F)cc1. The Balaban J connectivity index is 2.10. The van der Waals surface area contributed by atoms with E-state index in [9.17, 15) is 8.96 Å². The lowest BCUT2D eigenvalue weighted by Gasteiger charge is -2.21. The largest absolute Gasteiger partial charge is 0.378 e. The number of nitrogens with zero attached hydrogens (tertiary/aromatic N) is 1. The average molecular weight is 472 g/mol. The first-order chi connectivity index (χ1) is 15.5. The summed E-state index contributed by atoms with van der Waals surface area (Å²) in [5, 5.41) is 2.09. The molecule has 3 aromatic carbocycles. The van der Waals surface area contributed by atoms with E-state index in [1.54, 1.807) is 32.0 Å². The molecule has 0 aliphatic carbocycles. The molecule has 0 unspecified atom stereocenters. The molecule has 0 fully saturated rings. The predicted molar refractivity (Wildman–Crippen MR) is 128 cm³/mol. The zero-order valence-electron chi connectivity index (χ0n) is 17.9. The van der Waals surface area contributed by atoms with Crippen molar-refractivity contribution in [1.29, 1.82) is 0 Å². The quantitative estimate of drug-likeness (QED) is 0.262. The van der Waals surface area contributed by atoms with Crippen molar-refractivity contribution in [3.8, 4) is 5.69 Å². The molecule has 0 saturated carbocycles. The Morgan fingerprint density at radius 2 is 1.56 bits per heavy atom. The summed E-state index contributed by atoms with van der Waals surface area (Å²) in [4.78, 5) is 0. The topological polar surface area (TPSA) is 40.5 Å².